The summed E-state index contributed by atoms with van der Waals surface area (Å²) in [7, 11) is 2.87. The highest BCUT2D eigenvalue weighted by atomic mass is 32.1. The van der Waals surface area contributed by atoms with E-state index in [1.807, 2.05) is 17.5 Å². The predicted molar refractivity (Wildman–Crippen MR) is 78.9 cm³/mol. The van der Waals surface area contributed by atoms with Crippen LogP contribution < -0.4 is 16.6 Å². The number of nitrogens with one attached hydrogen (secondary N) is 1. The van der Waals surface area contributed by atoms with Crippen molar-refractivity contribution in [2.24, 2.45) is 14.1 Å². The second kappa shape index (κ2) is 5.70. The topological polar surface area (TPSA) is 73.1 Å². The van der Waals surface area contributed by atoms with E-state index in [4.69, 9.17) is 0 Å². The summed E-state index contributed by atoms with van der Waals surface area (Å²) in [6.45, 7) is 0. The first kappa shape index (κ1) is 14.0. The highest BCUT2D eigenvalue weighted by Gasteiger charge is 2.07. The number of rotatable bonds is 3. The van der Waals surface area contributed by atoms with Gasteiger partial charge in [0.2, 0.25) is 5.91 Å². The molecule has 0 aliphatic carbocycles. The molecule has 0 aliphatic rings. The summed E-state index contributed by atoms with van der Waals surface area (Å²) in [6.07, 6.45) is 3.02. The average molecular weight is 291 g/mol. The molecule has 0 aliphatic heterocycles. The first-order valence-corrected chi connectivity index (χ1v) is 6.66. The molecule has 1 N–H and O–H groups in total. The standard InChI is InChI=1S/C13H13N3O3S/c1-15-10(8-12(18)16(2)13(15)19)14-11(17)6-5-9-4-3-7-20-9/h3-8H,1-2H3,(H,14,17)/b6-5+. The second-order valence-corrected chi connectivity index (χ2v) is 5.09. The zero-order valence-electron chi connectivity index (χ0n) is 11.0. The minimum absolute atomic E-state index is 0.166. The van der Waals surface area contributed by atoms with Crippen LogP contribution >= 0.6 is 11.3 Å². The van der Waals surface area contributed by atoms with Gasteiger partial charge in [0.15, 0.2) is 0 Å². The number of hydrogen-bond acceptors (Lipinski definition) is 4. The number of amides is 1. The summed E-state index contributed by atoms with van der Waals surface area (Å²) >= 11 is 1.51. The molecule has 1 amide bonds. The Hall–Kier alpha value is -2.41. The molecule has 0 fully saturated rings. The average Bonchev–Trinajstić information content (AvgIpc) is 2.93. The van der Waals surface area contributed by atoms with Gasteiger partial charge in [0.25, 0.3) is 5.56 Å². The fourth-order valence-electron chi connectivity index (χ4n) is 1.56. The number of thiophene rings is 1. The number of aromatic nitrogens is 2. The van der Waals surface area contributed by atoms with Gasteiger partial charge in [0.1, 0.15) is 5.82 Å². The maximum atomic E-state index is 11.7. The van der Waals surface area contributed by atoms with Gasteiger partial charge in [-0.05, 0) is 17.5 Å². The molecule has 2 aromatic rings. The Morgan fingerprint density at radius 1 is 1.30 bits per heavy atom. The Morgan fingerprint density at radius 2 is 2.05 bits per heavy atom. The minimum Gasteiger partial charge on any atom is -0.308 e. The van der Waals surface area contributed by atoms with Crippen LogP contribution in [0.4, 0.5) is 5.82 Å². The van der Waals surface area contributed by atoms with Gasteiger partial charge in [-0.1, -0.05) is 6.07 Å². The normalized spacial score (nSPS) is 10.9. The van der Waals surface area contributed by atoms with E-state index in [0.29, 0.717) is 0 Å². The summed E-state index contributed by atoms with van der Waals surface area (Å²) in [5.41, 5.74) is -0.958. The molecule has 0 unspecified atom stereocenters. The Labute approximate surface area is 118 Å². The van der Waals surface area contributed by atoms with Crippen molar-refractivity contribution in [2.45, 2.75) is 0 Å². The molecule has 20 heavy (non-hydrogen) atoms. The quantitative estimate of drug-likeness (QED) is 0.850. The van der Waals surface area contributed by atoms with Crippen molar-refractivity contribution < 1.29 is 4.79 Å². The van der Waals surface area contributed by atoms with Crippen LogP contribution in [0.1, 0.15) is 4.88 Å². The largest absolute Gasteiger partial charge is 0.332 e. The summed E-state index contributed by atoms with van der Waals surface area (Å²) in [5.74, 6) is -0.236. The van der Waals surface area contributed by atoms with Crippen molar-refractivity contribution in [2.75, 3.05) is 5.32 Å². The first-order valence-electron chi connectivity index (χ1n) is 5.78. The Bertz CT molecular complexity index is 769. The van der Waals surface area contributed by atoms with Gasteiger partial charge in [0, 0.05) is 31.1 Å². The van der Waals surface area contributed by atoms with Gasteiger partial charge in [-0.25, -0.2) is 4.79 Å². The van der Waals surface area contributed by atoms with Crippen molar-refractivity contribution in [1.82, 2.24) is 9.13 Å². The molecule has 7 heteroatoms. The lowest BCUT2D eigenvalue weighted by molar-refractivity contribution is -0.111. The fourth-order valence-corrected chi connectivity index (χ4v) is 2.18. The van der Waals surface area contributed by atoms with Gasteiger partial charge in [0.05, 0.1) is 0 Å². The third kappa shape index (κ3) is 2.94. The predicted octanol–water partition coefficient (Wildman–Crippen LogP) is 0.797. The third-order valence-corrected chi connectivity index (χ3v) is 3.56. The van der Waals surface area contributed by atoms with E-state index >= 15 is 0 Å². The lowest BCUT2D eigenvalue weighted by Gasteiger charge is -2.09. The van der Waals surface area contributed by atoms with Crippen LogP contribution in [-0.4, -0.2) is 15.0 Å². The number of carbonyl (C=O) groups is 1. The van der Waals surface area contributed by atoms with E-state index in [0.717, 1.165) is 9.44 Å². The lowest BCUT2D eigenvalue weighted by Crippen LogP contribution is -2.37. The molecule has 0 saturated carbocycles. The van der Waals surface area contributed by atoms with Crippen LogP contribution in [-0.2, 0) is 18.9 Å². The van der Waals surface area contributed by atoms with E-state index < -0.39 is 17.2 Å². The van der Waals surface area contributed by atoms with E-state index in [-0.39, 0.29) is 5.82 Å². The van der Waals surface area contributed by atoms with Gasteiger partial charge in [-0.15, -0.1) is 11.3 Å². The summed E-state index contributed by atoms with van der Waals surface area (Å²) < 4.78 is 2.18. The molecule has 0 bridgehead atoms. The Morgan fingerprint density at radius 3 is 2.70 bits per heavy atom. The van der Waals surface area contributed by atoms with Crippen molar-refractivity contribution in [3.05, 3.63) is 55.4 Å². The molecule has 0 radical (unpaired) electrons. The van der Waals surface area contributed by atoms with E-state index in [9.17, 15) is 14.4 Å². The SMILES string of the molecule is Cn1c(NC(=O)/C=C/c2cccs2)cc(=O)n(C)c1=O. The van der Waals surface area contributed by atoms with Gasteiger partial charge >= 0.3 is 5.69 Å². The number of hydrogen-bond donors (Lipinski definition) is 1. The van der Waals surface area contributed by atoms with Crippen molar-refractivity contribution in [3.63, 3.8) is 0 Å². The first-order chi connectivity index (χ1) is 9.49. The Kier molecular flexibility index (Phi) is 3.99. The van der Waals surface area contributed by atoms with E-state index in [2.05, 4.69) is 5.32 Å². The highest BCUT2D eigenvalue weighted by molar-refractivity contribution is 7.10. The fraction of sp³-hybridized carbons (Fsp3) is 0.154. The zero-order valence-corrected chi connectivity index (χ0v) is 11.8. The molecule has 0 spiro atoms. The molecule has 2 aromatic heterocycles. The maximum Gasteiger partial charge on any atom is 0.332 e. The minimum atomic E-state index is -0.491. The third-order valence-electron chi connectivity index (χ3n) is 2.72. The molecule has 104 valence electrons. The van der Waals surface area contributed by atoms with Crippen LogP contribution in [0, 0.1) is 0 Å². The highest BCUT2D eigenvalue weighted by Crippen LogP contribution is 2.10. The van der Waals surface area contributed by atoms with Crippen molar-refractivity contribution in [3.8, 4) is 0 Å². The van der Waals surface area contributed by atoms with Crippen molar-refractivity contribution in [1.29, 1.82) is 0 Å². The maximum absolute atomic E-state index is 11.7. The number of anilines is 1. The smallest absolute Gasteiger partial charge is 0.308 e. The molecule has 6 nitrogen and oxygen atoms in total. The second-order valence-electron chi connectivity index (χ2n) is 4.11. The number of carbonyl (C=O) groups excluding carboxylic acids is 1. The van der Waals surface area contributed by atoms with E-state index in [1.54, 1.807) is 6.08 Å². The molecule has 0 aromatic carbocycles. The molecule has 2 rings (SSSR count). The summed E-state index contributed by atoms with van der Waals surface area (Å²) in [6, 6.07) is 4.97. The summed E-state index contributed by atoms with van der Waals surface area (Å²) in [5, 5.41) is 4.41. The monoisotopic (exact) mass is 291 g/mol. The van der Waals surface area contributed by atoms with Gasteiger partial charge in [-0.3, -0.25) is 18.7 Å². The van der Waals surface area contributed by atoms with Crippen LogP contribution in [0.3, 0.4) is 0 Å². The lowest BCUT2D eigenvalue weighted by atomic mass is 10.4. The molecular formula is C13H13N3O3S. The molecular weight excluding hydrogens is 278 g/mol. The number of nitrogens with zero attached hydrogens (tertiary/aromatic N) is 2. The molecule has 2 heterocycles. The van der Waals surface area contributed by atoms with Crippen LogP contribution in [0.2, 0.25) is 0 Å². The van der Waals surface area contributed by atoms with Crippen LogP contribution in [0.25, 0.3) is 6.08 Å². The van der Waals surface area contributed by atoms with Crippen molar-refractivity contribution >= 4 is 29.1 Å². The van der Waals surface area contributed by atoms with E-state index in [1.165, 1.54) is 42.1 Å². The van der Waals surface area contributed by atoms with Gasteiger partial charge in [-0.2, -0.15) is 0 Å². The zero-order chi connectivity index (χ0) is 14.7. The molecule has 0 atom stereocenters. The van der Waals surface area contributed by atoms with Crippen LogP contribution in [0.15, 0.2) is 39.2 Å². The van der Waals surface area contributed by atoms with Gasteiger partial charge < -0.3 is 5.32 Å². The van der Waals surface area contributed by atoms with Crippen LogP contribution in [0.5, 0.6) is 0 Å². The summed E-state index contributed by atoms with van der Waals surface area (Å²) in [4.78, 5) is 35.9. The Balaban J connectivity index is 2.21. The molecule has 0 saturated heterocycles.